The van der Waals surface area contributed by atoms with Crippen LogP contribution in [0.4, 0.5) is 0 Å². The number of nitrogens with zero attached hydrogens (tertiary/aromatic N) is 3. The van der Waals surface area contributed by atoms with Crippen molar-refractivity contribution in [3.63, 3.8) is 0 Å². The predicted octanol–water partition coefficient (Wildman–Crippen LogP) is 3.69. The van der Waals surface area contributed by atoms with Crippen molar-refractivity contribution in [1.29, 1.82) is 0 Å². The van der Waals surface area contributed by atoms with Crippen LogP contribution in [0.25, 0.3) is 0 Å². The van der Waals surface area contributed by atoms with Crippen LogP contribution in [0, 0.1) is 6.92 Å². The molecule has 0 fully saturated rings. The molecule has 0 amide bonds. The normalized spacial score (nSPS) is 10.6. The van der Waals surface area contributed by atoms with Gasteiger partial charge in [0.1, 0.15) is 12.4 Å². The predicted molar refractivity (Wildman–Crippen MR) is 111 cm³/mol. The van der Waals surface area contributed by atoms with Gasteiger partial charge < -0.3 is 18.8 Å². The largest absolute Gasteiger partial charge is 0.497 e. The summed E-state index contributed by atoms with van der Waals surface area (Å²) in [6.07, 6.45) is 0. The number of methoxy groups -OCH3 is 2. The van der Waals surface area contributed by atoms with Crippen LogP contribution in [-0.2, 0) is 13.7 Å². The lowest BCUT2D eigenvalue weighted by atomic mass is 10.1. The van der Waals surface area contributed by atoms with Crippen LogP contribution >= 0.6 is 11.8 Å². The van der Waals surface area contributed by atoms with Crippen LogP contribution in [-0.4, -0.2) is 40.5 Å². The summed E-state index contributed by atoms with van der Waals surface area (Å²) < 4.78 is 18.1. The van der Waals surface area contributed by atoms with E-state index in [1.54, 1.807) is 38.5 Å². The number of aryl methyl sites for hydroxylation is 1. The summed E-state index contributed by atoms with van der Waals surface area (Å²) in [4.78, 5) is 12.4. The van der Waals surface area contributed by atoms with E-state index in [1.807, 2.05) is 36.7 Å². The molecule has 0 aliphatic heterocycles. The Bertz CT molecular complexity index is 986. The van der Waals surface area contributed by atoms with Crippen molar-refractivity contribution in [2.24, 2.45) is 7.05 Å². The van der Waals surface area contributed by atoms with E-state index in [1.165, 1.54) is 11.8 Å². The van der Waals surface area contributed by atoms with Gasteiger partial charge in [-0.2, -0.15) is 0 Å². The van der Waals surface area contributed by atoms with Gasteiger partial charge in [0.2, 0.25) is 0 Å². The lowest BCUT2D eigenvalue weighted by Gasteiger charge is -2.11. The molecule has 0 saturated carbocycles. The molecule has 0 radical (unpaired) electrons. The Morgan fingerprint density at radius 3 is 2.48 bits per heavy atom. The van der Waals surface area contributed by atoms with Crippen LogP contribution in [0.1, 0.15) is 21.7 Å². The number of carbonyl (C=O) groups is 1. The Kier molecular flexibility index (Phi) is 6.77. The Morgan fingerprint density at radius 2 is 1.79 bits per heavy atom. The molecular formula is C21H23N3O4S. The zero-order valence-electron chi connectivity index (χ0n) is 16.8. The van der Waals surface area contributed by atoms with Crippen molar-refractivity contribution >= 4 is 17.5 Å². The third kappa shape index (κ3) is 5.08. The number of hydrogen-bond acceptors (Lipinski definition) is 7. The summed E-state index contributed by atoms with van der Waals surface area (Å²) in [5.74, 6) is 2.98. The van der Waals surface area contributed by atoms with E-state index < -0.39 is 0 Å². The number of benzene rings is 2. The third-order valence-electron chi connectivity index (χ3n) is 4.35. The van der Waals surface area contributed by atoms with Crippen molar-refractivity contribution in [3.05, 3.63) is 59.4 Å². The molecule has 0 bridgehead atoms. The van der Waals surface area contributed by atoms with Crippen LogP contribution < -0.4 is 14.2 Å². The molecule has 0 aliphatic carbocycles. The third-order valence-corrected chi connectivity index (χ3v) is 5.37. The summed E-state index contributed by atoms with van der Waals surface area (Å²) in [6.45, 7) is 2.24. The summed E-state index contributed by atoms with van der Waals surface area (Å²) in [5, 5.41) is 9.00. The van der Waals surface area contributed by atoms with Gasteiger partial charge in [-0.25, -0.2) is 0 Å². The summed E-state index contributed by atoms with van der Waals surface area (Å²) in [5.41, 5.74) is 1.73. The second kappa shape index (κ2) is 9.47. The Morgan fingerprint density at radius 1 is 1.03 bits per heavy atom. The maximum atomic E-state index is 12.4. The Hall–Kier alpha value is -3.00. The molecule has 0 unspecified atom stereocenters. The highest BCUT2D eigenvalue weighted by Crippen LogP contribution is 2.28. The van der Waals surface area contributed by atoms with Crippen LogP contribution in [0.2, 0.25) is 0 Å². The number of Topliss-reactive ketones (excluding diaryl/α,β-unsaturated/α-hetero) is 1. The van der Waals surface area contributed by atoms with Crippen molar-refractivity contribution in [3.8, 4) is 17.2 Å². The number of thioether (sulfide) groups is 1. The van der Waals surface area contributed by atoms with Gasteiger partial charge >= 0.3 is 0 Å². The first-order valence-corrected chi connectivity index (χ1v) is 9.96. The van der Waals surface area contributed by atoms with E-state index in [-0.39, 0.29) is 18.1 Å². The smallest absolute Gasteiger partial charge is 0.191 e. The molecule has 3 aromatic rings. The molecule has 7 nitrogen and oxygen atoms in total. The van der Waals surface area contributed by atoms with Crippen LogP contribution in [0.3, 0.4) is 0 Å². The monoisotopic (exact) mass is 413 g/mol. The van der Waals surface area contributed by atoms with E-state index in [9.17, 15) is 4.79 Å². The van der Waals surface area contributed by atoms with Gasteiger partial charge in [0.15, 0.2) is 28.3 Å². The molecule has 3 rings (SSSR count). The molecule has 0 atom stereocenters. The van der Waals surface area contributed by atoms with E-state index in [2.05, 4.69) is 10.2 Å². The number of ketones is 1. The number of rotatable bonds is 9. The van der Waals surface area contributed by atoms with Gasteiger partial charge in [-0.15, -0.1) is 10.2 Å². The minimum atomic E-state index is 0.0165. The molecule has 1 heterocycles. The van der Waals surface area contributed by atoms with Gasteiger partial charge in [0, 0.05) is 12.6 Å². The first kappa shape index (κ1) is 20.7. The van der Waals surface area contributed by atoms with Crippen molar-refractivity contribution < 1.29 is 19.0 Å². The SMILES string of the molecule is COc1ccc(C(=O)CSc2nnc(COc3ccc(C)cc3OC)n2C)cc1. The maximum Gasteiger partial charge on any atom is 0.191 e. The fourth-order valence-electron chi connectivity index (χ4n) is 2.62. The Balaban J connectivity index is 1.59. The van der Waals surface area contributed by atoms with Gasteiger partial charge in [-0.05, 0) is 48.9 Å². The highest BCUT2D eigenvalue weighted by Gasteiger charge is 2.14. The summed E-state index contributed by atoms with van der Waals surface area (Å²) in [6, 6.07) is 12.8. The number of aromatic nitrogens is 3. The fourth-order valence-corrected chi connectivity index (χ4v) is 3.45. The zero-order valence-corrected chi connectivity index (χ0v) is 17.7. The average Bonchev–Trinajstić information content (AvgIpc) is 3.10. The molecule has 0 N–H and O–H groups in total. The van der Waals surface area contributed by atoms with Gasteiger partial charge in [0.25, 0.3) is 0 Å². The lowest BCUT2D eigenvalue weighted by Crippen LogP contribution is -2.06. The molecule has 152 valence electrons. The molecule has 29 heavy (non-hydrogen) atoms. The minimum absolute atomic E-state index is 0.0165. The molecule has 0 saturated heterocycles. The van der Waals surface area contributed by atoms with E-state index in [4.69, 9.17) is 14.2 Å². The van der Waals surface area contributed by atoms with E-state index in [0.717, 1.165) is 11.3 Å². The molecular weight excluding hydrogens is 390 g/mol. The van der Waals surface area contributed by atoms with Crippen LogP contribution in [0.5, 0.6) is 17.2 Å². The number of hydrogen-bond donors (Lipinski definition) is 0. The molecule has 8 heteroatoms. The lowest BCUT2D eigenvalue weighted by molar-refractivity contribution is 0.102. The van der Waals surface area contributed by atoms with Gasteiger partial charge in [0.05, 0.1) is 20.0 Å². The fraction of sp³-hybridized carbons (Fsp3) is 0.286. The minimum Gasteiger partial charge on any atom is -0.497 e. The summed E-state index contributed by atoms with van der Waals surface area (Å²) >= 11 is 1.34. The zero-order chi connectivity index (χ0) is 20.8. The molecule has 2 aromatic carbocycles. The molecule has 0 spiro atoms. The molecule has 0 aliphatic rings. The maximum absolute atomic E-state index is 12.4. The van der Waals surface area contributed by atoms with Gasteiger partial charge in [-0.3, -0.25) is 4.79 Å². The van der Waals surface area contributed by atoms with Crippen molar-refractivity contribution in [2.75, 3.05) is 20.0 Å². The van der Waals surface area contributed by atoms with Crippen molar-refractivity contribution in [1.82, 2.24) is 14.8 Å². The summed E-state index contributed by atoms with van der Waals surface area (Å²) in [7, 11) is 5.06. The first-order chi connectivity index (χ1) is 14.0. The number of carbonyl (C=O) groups excluding carboxylic acids is 1. The van der Waals surface area contributed by atoms with Crippen molar-refractivity contribution in [2.45, 2.75) is 18.7 Å². The highest BCUT2D eigenvalue weighted by molar-refractivity contribution is 7.99. The second-order valence-corrected chi connectivity index (χ2v) is 7.28. The van der Waals surface area contributed by atoms with E-state index >= 15 is 0 Å². The molecule has 1 aromatic heterocycles. The second-order valence-electron chi connectivity index (χ2n) is 6.34. The standard InChI is InChI=1S/C21H23N3O4S/c1-14-5-10-18(19(11-14)27-4)28-12-20-22-23-21(24(20)2)29-13-17(25)15-6-8-16(26-3)9-7-15/h5-11H,12-13H2,1-4H3. The topological polar surface area (TPSA) is 75.5 Å². The van der Waals surface area contributed by atoms with E-state index in [0.29, 0.717) is 28.0 Å². The average molecular weight is 413 g/mol. The quantitative estimate of drug-likeness (QED) is 0.391. The highest BCUT2D eigenvalue weighted by atomic mass is 32.2. The van der Waals surface area contributed by atoms with Crippen LogP contribution in [0.15, 0.2) is 47.6 Å². The first-order valence-electron chi connectivity index (χ1n) is 8.97. The Labute approximate surface area is 174 Å². The number of ether oxygens (including phenoxy) is 3. The van der Waals surface area contributed by atoms with Gasteiger partial charge in [-0.1, -0.05) is 17.8 Å².